The summed E-state index contributed by atoms with van der Waals surface area (Å²) in [7, 11) is 5.73. The minimum Gasteiger partial charge on any atom is -0.473 e. The van der Waals surface area contributed by atoms with Crippen LogP contribution in [0.25, 0.3) is 23.0 Å². The number of aromatic nitrogens is 5. The molecule has 6 rings (SSSR count). The van der Waals surface area contributed by atoms with Crippen molar-refractivity contribution >= 4 is 5.78 Å². The summed E-state index contributed by atoms with van der Waals surface area (Å²) in [4.78, 5) is 25.1. The number of likely N-dealkylation sites (N-methyl/N-ethyl adjacent to an activating group) is 1. The molecule has 0 N–H and O–H groups in total. The molecule has 0 aromatic carbocycles. The van der Waals surface area contributed by atoms with Gasteiger partial charge in [-0.1, -0.05) is 11.6 Å². The third kappa shape index (κ3) is 4.33. The van der Waals surface area contributed by atoms with Crippen molar-refractivity contribution in [3.05, 3.63) is 29.6 Å². The van der Waals surface area contributed by atoms with Gasteiger partial charge in [0.1, 0.15) is 23.3 Å². The molecule has 3 aromatic rings. The Morgan fingerprint density at radius 1 is 1.13 bits per heavy atom. The summed E-state index contributed by atoms with van der Waals surface area (Å²) in [5, 5.41) is 9.05. The highest BCUT2D eigenvalue weighted by Gasteiger charge is 2.48. The van der Waals surface area contributed by atoms with Gasteiger partial charge in [0.05, 0.1) is 17.2 Å². The second-order valence-electron chi connectivity index (χ2n) is 11.1. The molecule has 1 saturated heterocycles. The number of rotatable bonds is 6. The van der Waals surface area contributed by atoms with Crippen LogP contribution in [0.4, 0.5) is 0 Å². The van der Waals surface area contributed by atoms with Crippen LogP contribution in [0, 0.1) is 0 Å². The zero-order chi connectivity index (χ0) is 26.4. The molecule has 1 aliphatic heterocycles. The fourth-order valence-electron chi connectivity index (χ4n) is 6.62. The number of likely N-dealkylation sites (tertiary alicyclic amines) is 1. The number of ketones is 1. The van der Waals surface area contributed by atoms with Crippen LogP contribution in [0.15, 0.2) is 22.9 Å². The largest absolute Gasteiger partial charge is 0.473 e. The van der Waals surface area contributed by atoms with Gasteiger partial charge in [-0.25, -0.2) is 4.98 Å². The maximum absolute atomic E-state index is 13.1. The molecule has 0 bridgehead atoms. The summed E-state index contributed by atoms with van der Waals surface area (Å²) >= 11 is 0. The lowest BCUT2D eigenvalue weighted by Crippen LogP contribution is -2.41. The average molecular weight is 521 g/mol. The molecule has 10 heteroatoms. The lowest BCUT2D eigenvalue weighted by Gasteiger charge is -2.37. The fraction of sp³-hybridized carbons (Fsp3) is 0.607. The van der Waals surface area contributed by atoms with Gasteiger partial charge in [0.15, 0.2) is 0 Å². The number of hydrogen-bond donors (Lipinski definition) is 0. The molecule has 0 unspecified atom stereocenters. The van der Waals surface area contributed by atoms with Crippen LogP contribution in [0.1, 0.15) is 63.1 Å². The van der Waals surface area contributed by atoms with E-state index >= 15 is 0 Å². The molecular formula is C28H36N6O4. The van der Waals surface area contributed by atoms with Gasteiger partial charge in [-0.3, -0.25) is 14.4 Å². The molecule has 10 nitrogen and oxygen atoms in total. The second kappa shape index (κ2) is 9.89. The van der Waals surface area contributed by atoms with Gasteiger partial charge in [-0.2, -0.15) is 10.1 Å². The summed E-state index contributed by atoms with van der Waals surface area (Å²) in [5.41, 5.74) is 2.60. The standard InChI is InChI=1S/C28H36N6O4/c1-17(22-14-18(36-4)16-33(22)2)37-24-15-21(20-10-13-34(3)31-20)29-27(30-24)25-19-8-7-12-28(26(19)32-38-25)11-6-5-9-23(28)35/h10,13,15,17-18,22H,5-9,11-12,14,16H2,1-4H3/t17-,18+,22-,28+/m0/s1. The SMILES string of the molecule is CO[C@@H]1C[C@@H]([C@H](C)Oc2cc(-c3ccn(C)n3)nc(-c3onc4c3CCC[C@@]43CCCCC3=O)n2)N(C)C1. The van der Waals surface area contributed by atoms with Crippen LogP contribution in [0.5, 0.6) is 5.88 Å². The van der Waals surface area contributed by atoms with Gasteiger partial charge in [0, 0.05) is 51.0 Å². The van der Waals surface area contributed by atoms with Crippen molar-refractivity contribution in [1.82, 2.24) is 29.8 Å². The number of carbonyl (C=O) groups is 1. The number of ether oxygens (including phenoxy) is 2. The van der Waals surface area contributed by atoms with E-state index < -0.39 is 5.41 Å². The molecule has 1 saturated carbocycles. The number of fused-ring (bicyclic) bond motifs is 2. The van der Waals surface area contributed by atoms with Crippen LogP contribution in [-0.4, -0.2) is 74.5 Å². The minimum absolute atomic E-state index is 0.119. The third-order valence-corrected chi connectivity index (χ3v) is 8.69. The van der Waals surface area contributed by atoms with Crippen molar-refractivity contribution < 1.29 is 18.8 Å². The maximum atomic E-state index is 13.1. The van der Waals surface area contributed by atoms with Crippen LogP contribution < -0.4 is 4.74 Å². The molecule has 0 amide bonds. The van der Waals surface area contributed by atoms with E-state index in [1.54, 1.807) is 11.8 Å². The first-order chi connectivity index (χ1) is 18.4. The van der Waals surface area contributed by atoms with Crippen LogP contribution in [0.3, 0.4) is 0 Å². The Morgan fingerprint density at radius 3 is 2.71 bits per heavy atom. The molecular weight excluding hydrogens is 484 g/mol. The zero-order valence-corrected chi connectivity index (χ0v) is 22.6. The Bertz CT molecular complexity index is 1330. The van der Waals surface area contributed by atoms with Crippen molar-refractivity contribution in [2.75, 3.05) is 20.7 Å². The molecule has 2 fully saturated rings. The predicted octanol–water partition coefficient (Wildman–Crippen LogP) is 3.74. The van der Waals surface area contributed by atoms with E-state index in [9.17, 15) is 4.79 Å². The Balaban J connectivity index is 1.38. The number of carbonyl (C=O) groups excluding carboxylic acids is 1. The Hall–Kier alpha value is -3.11. The number of nitrogens with zero attached hydrogens (tertiary/aromatic N) is 6. The number of hydrogen-bond acceptors (Lipinski definition) is 9. The van der Waals surface area contributed by atoms with Gasteiger partial charge in [-0.05, 0) is 58.6 Å². The van der Waals surface area contributed by atoms with Gasteiger partial charge < -0.3 is 14.0 Å². The van der Waals surface area contributed by atoms with Crippen molar-refractivity contribution in [2.24, 2.45) is 7.05 Å². The van der Waals surface area contributed by atoms with Crippen LogP contribution in [-0.2, 0) is 28.4 Å². The average Bonchev–Trinajstić information content (AvgIpc) is 3.64. The molecule has 3 aromatic heterocycles. The molecule has 2 aliphatic carbocycles. The van der Waals surface area contributed by atoms with Gasteiger partial charge in [0.25, 0.3) is 0 Å². The Kier molecular flexibility index (Phi) is 6.55. The molecule has 1 spiro atoms. The van der Waals surface area contributed by atoms with E-state index in [1.807, 2.05) is 25.4 Å². The van der Waals surface area contributed by atoms with Crippen molar-refractivity contribution in [1.29, 1.82) is 0 Å². The first-order valence-corrected chi connectivity index (χ1v) is 13.7. The Labute approximate surface area is 222 Å². The fourth-order valence-corrected chi connectivity index (χ4v) is 6.62. The van der Waals surface area contributed by atoms with E-state index in [2.05, 4.69) is 29.1 Å². The van der Waals surface area contributed by atoms with E-state index in [-0.39, 0.29) is 18.2 Å². The lowest BCUT2D eigenvalue weighted by atomic mass is 9.64. The maximum Gasteiger partial charge on any atom is 0.217 e. The van der Waals surface area contributed by atoms with E-state index in [0.717, 1.165) is 68.4 Å². The minimum atomic E-state index is -0.523. The topological polar surface area (TPSA) is 108 Å². The number of aryl methyl sites for hydroxylation is 1. The summed E-state index contributed by atoms with van der Waals surface area (Å²) in [5.74, 6) is 1.70. The van der Waals surface area contributed by atoms with E-state index in [0.29, 0.717) is 35.4 Å². The number of methoxy groups -OCH3 is 1. The quantitative estimate of drug-likeness (QED) is 0.480. The first kappa shape index (κ1) is 25.2. The predicted molar refractivity (Wildman–Crippen MR) is 140 cm³/mol. The van der Waals surface area contributed by atoms with Gasteiger partial charge in [0.2, 0.25) is 17.5 Å². The first-order valence-electron chi connectivity index (χ1n) is 13.7. The highest BCUT2D eigenvalue weighted by atomic mass is 16.5. The summed E-state index contributed by atoms with van der Waals surface area (Å²) in [6, 6.07) is 3.95. The highest BCUT2D eigenvalue weighted by Crippen LogP contribution is 2.47. The zero-order valence-electron chi connectivity index (χ0n) is 22.6. The summed E-state index contributed by atoms with van der Waals surface area (Å²) < 4.78 is 19.7. The van der Waals surface area contributed by atoms with Crippen molar-refractivity contribution in [2.45, 2.75) is 82.0 Å². The molecule has 38 heavy (non-hydrogen) atoms. The highest BCUT2D eigenvalue weighted by molar-refractivity contribution is 5.91. The molecule has 4 atom stereocenters. The second-order valence-corrected chi connectivity index (χ2v) is 11.1. The van der Waals surface area contributed by atoms with Gasteiger partial charge >= 0.3 is 0 Å². The van der Waals surface area contributed by atoms with Gasteiger partial charge in [-0.15, -0.1) is 0 Å². The van der Waals surface area contributed by atoms with Crippen LogP contribution in [0.2, 0.25) is 0 Å². The summed E-state index contributed by atoms with van der Waals surface area (Å²) in [6.07, 6.45) is 8.83. The normalized spacial score (nSPS) is 26.6. The molecule has 3 aliphatic rings. The molecule has 4 heterocycles. The molecule has 202 valence electrons. The smallest absolute Gasteiger partial charge is 0.217 e. The number of Topliss-reactive ketones (excluding diaryl/α,β-unsaturated/α-hetero) is 1. The van der Waals surface area contributed by atoms with Crippen molar-refractivity contribution in [3.63, 3.8) is 0 Å². The Morgan fingerprint density at radius 2 is 1.97 bits per heavy atom. The third-order valence-electron chi connectivity index (χ3n) is 8.69. The van der Waals surface area contributed by atoms with Crippen molar-refractivity contribution in [3.8, 4) is 28.9 Å². The molecule has 0 radical (unpaired) electrons. The summed E-state index contributed by atoms with van der Waals surface area (Å²) in [6.45, 7) is 2.93. The monoisotopic (exact) mass is 520 g/mol. The van der Waals surface area contributed by atoms with Crippen LogP contribution >= 0.6 is 0 Å². The van der Waals surface area contributed by atoms with E-state index in [4.69, 9.17) is 24.0 Å². The lowest BCUT2D eigenvalue weighted by molar-refractivity contribution is -0.127. The van der Waals surface area contributed by atoms with E-state index in [1.165, 1.54) is 0 Å².